The number of fused-ring (bicyclic) bond motifs is 8. The van der Waals surface area contributed by atoms with Gasteiger partial charge < -0.3 is 9.32 Å². The average Bonchev–Trinajstić information content (AvgIpc) is 3.59. The van der Waals surface area contributed by atoms with Gasteiger partial charge in [0, 0.05) is 38.5 Å². The zero-order chi connectivity index (χ0) is 33.0. The van der Waals surface area contributed by atoms with Crippen molar-refractivity contribution in [2.24, 2.45) is 0 Å². The van der Waals surface area contributed by atoms with Crippen LogP contribution in [0.15, 0.2) is 192 Å². The fraction of sp³-hybridized carbons (Fsp3) is 0. The van der Waals surface area contributed by atoms with Crippen molar-refractivity contribution >= 4 is 71.3 Å². The molecule has 0 N–H and O–H groups in total. The van der Waals surface area contributed by atoms with Crippen LogP contribution in [0.25, 0.3) is 76.5 Å². The molecule has 0 aliphatic rings. The Morgan fingerprint density at radius 2 is 0.980 bits per heavy atom. The van der Waals surface area contributed by atoms with E-state index in [0.29, 0.717) is 0 Å². The van der Waals surface area contributed by atoms with Gasteiger partial charge in [0.05, 0.1) is 5.69 Å². The van der Waals surface area contributed by atoms with Crippen LogP contribution in [0.1, 0.15) is 0 Å². The molecule has 0 bridgehead atoms. The molecule has 0 saturated heterocycles. The summed E-state index contributed by atoms with van der Waals surface area (Å²) in [6.07, 6.45) is 0. The molecule has 2 nitrogen and oxygen atoms in total. The van der Waals surface area contributed by atoms with Crippen LogP contribution in [0, 0.1) is 0 Å². The van der Waals surface area contributed by atoms with Gasteiger partial charge in [-0.15, -0.1) is 0 Å². The third kappa shape index (κ3) is 4.57. The number of nitrogens with zero attached hydrogens (tertiary/aromatic N) is 1. The van der Waals surface area contributed by atoms with Crippen molar-refractivity contribution in [2.75, 3.05) is 4.90 Å². The van der Waals surface area contributed by atoms with Crippen molar-refractivity contribution in [3.05, 3.63) is 188 Å². The van der Waals surface area contributed by atoms with Gasteiger partial charge in [0.15, 0.2) is 0 Å². The van der Waals surface area contributed by atoms with Crippen LogP contribution in [0.4, 0.5) is 17.1 Å². The van der Waals surface area contributed by atoms with Gasteiger partial charge in [-0.1, -0.05) is 146 Å². The van der Waals surface area contributed by atoms with E-state index >= 15 is 0 Å². The highest BCUT2D eigenvalue weighted by atomic mass is 16.3. The van der Waals surface area contributed by atoms with Crippen LogP contribution in [0.5, 0.6) is 0 Å². The highest BCUT2D eigenvalue weighted by molar-refractivity contribution is 6.25. The van der Waals surface area contributed by atoms with Gasteiger partial charge in [-0.05, 0) is 80.7 Å². The van der Waals surface area contributed by atoms with Gasteiger partial charge in [-0.2, -0.15) is 0 Å². The molecule has 0 aliphatic carbocycles. The molecule has 0 aliphatic heterocycles. The predicted molar refractivity (Wildman–Crippen MR) is 212 cm³/mol. The Hall–Kier alpha value is -6.64. The van der Waals surface area contributed by atoms with E-state index in [9.17, 15) is 0 Å². The van der Waals surface area contributed by atoms with Crippen LogP contribution in [0.2, 0.25) is 0 Å². The summed E-state index contributed by atoms with van der Waals surface area (Å²) < 4.78 is 6.91. The van der Waals surface area contributed by atoms with Crippen molar-refractivity contribution in [1.82, 2.24) is 0 Å². The molecule has 10 aromatic rings. The molecular weight excluding hydrogens is 607 g/mol. The Bertz CT molecular complexity index is 2880. The first kappa shape index (κ1) is 28.4. The van der Waals surface area contributed by atoms with Crippen molar-refractivity contribution in [3.8, 4) is 22.3 Å². The molecule has 0 amide bonds. The number of para-hydroxylation sites is 1. The lowest BCUT2D eigenvalue weighted by Crippen LogP contribution is -2.11. The standard InChI is InChI=1S/C48H31NO/c1-2-13-32(14-3-1)36-19-12-20-38(29-36)49(39-27-25-33-15-4-5-17-35(33)30-39)45-24-11-10-23-42(45)44-31-37-18-7-9-22-41(37)48-46(44)43-28-26-34-16-6-8-21-40(34)47(43)50-48/h1-31H. The second-order valence-corrected chi connectivity index (χ2v) is 12.9. The quantitative estimate of drug-likeness (QED) is 0.187. The predicted octanol–water partition coefficient (Wildman–Crippen LogP) is 13.8. The summed E-state index contributed by atoms with van der Waals surface area (Å²) in [5.74, 6) is 0. The number of hydrogen-bond donors (Lipinski definition) is 0. The van der Waals surface area contributed by atoms with E-state index in [1.165, 1.54) is 27.3 Å². The normalized spacial score (nSPS) is 11.6. The van der Waals surface area contributed by atoms with E-state index in [-0.39, 0.29) is 0 Å². The van der Waals surface area contributed by atoms with Crippen molar-refractivity contribution in [2.45, 2.75) is 0 Å². The first-order valence-electron chi connectivity index (χ1n) is 17.1. The molecule has 0 atom stereocenters. The van der Waals surface area contributed by atoms with E-state index < -0.39 is 0 Å². The first-order chi connectivity index (χ1) is 24.8. The molecule has 0 radical (unpaired) electrons. The summed E-state index contributed by atoms with van der Waals surface area (Å²) >= 11 is 0. The third-order valence-corrected chi connectivity index (χ3v) is 9.99. The Labute approximate surface area is 290 Å². The van der Waals surface area contributed by atoms with Gasteiger partial charge in [0.25, 0.3) is 0 Å². The summed E-state index contributed by atoms with van der Waals surface area (Å²) in [5.41, 5.74) is 9.78. The van der Waals surface area contributed by atoms with Gasteiger partial charge in [-0.3, -0.25) is 0 Å². The van der Waals surface area contributed by atoms with Gasteiger partial charge >= 0.3 is 0 Å². The minimum Gasteiger partial charge on any atom is -0.455 e. The van der Waals surface area contributed by atoms with Crippen molar-refractivity contribution in [3.63, 3.8) is 0 Å². The minimum absolute atomic E-state index is 0.919. The molecule has 50 heavy (non-hydrogen) atoms. The second-order valence-electron chi connectivity index (χ2n) is 12.9. The molecule has 0 unspecified atom stereocenters. The molecule has 0 spiro atoms. The number of anilines is 3. The Morgan fingerprint density at radius 3 is 1.84 bits per heavy atom. The zero-order valence-corrected chi connectivity index (χ0v) is 27.3. The lowest BCUT2D eigenvalue weighted by molar-refractivity contribution is 0.676. The van der Waals surface area contributed by atoms with Gasteiger partial charge in [0.1, 0.15) is 11.2 Å². The molecule has 1 heterocycles. The van der Waals surface area contributed by atoms with Gasteiger partial charge in [0.2, 0.25) is 0 Å². The first-order valence-corrected chi connectivity index (χ1v) is 17.1. The average molecular weight is 638 g/mol. The van der Waals surface area contributed by atoms with Crippen LogP contribution in [-0.4, -0.2) is 0 Å². The third-order valence-electron chi connectivity index (χ3n) is 9.99. The molecule has 0 saturated carbocycles. The lowest BCUT2D eigenvalue weighted by atomic mass is 9.93. The topological polar surface area (TPSA) is 16.4 Å². The fourth-order valence-electron chi connectivity index (χ4n) is 7.65. The molecule has 10 rings (SSSR count). The number of rotatable bonds is 5. The number of furan rings is 1. The van der Waals surface area contributed by atoms with Crippen LogP contribution in [0.3, 0.4) is 0 Å². The highest BCUT2D eigenvalue weighted by Gasteiger charge is 2.23. The van der Waals surface area contributed by atoms with Crippen LogP contribution >= 0.6 is 0 Å². The summed E-state index contributed by atoms with van der Waals surface area (Å²) in [5, 5.41) is 9.24. The maximum Gasteiger partial charge on any atom is 0.143 e. The minimum atomic E-state index is 0.919. The lowest BCUT2D eigenvalue weighted by Gasteiger charge is -2.29. The summed E-state index contributed by atoms with van der Waals surface area (Å²) in [4.78, 5) is 2.41. The van der Waals surface area contributed by atoms with E-state index in [0.717, 1.165) is 66.3 Å². The van der Waals surface area contributed by atoms with Crippen LogP contribution < -0.4 is 4.90 Å². The van der Waals surface area contributed by atoms with E-state index in [1.54, 1.807) is 0 Å². The zero-order valence-electron chi connectivity index (χ0n) is 27.3. The number of hydrogen-bond acceptors (Lipinski definition) is 2. The number of benzene rings is 9. The maximum atomic E-state index is 6.91. The largest absolute Gasteiger partial charge is 0.455 e. The Balaban J connectivity index is 1.28. The molecule has 0 fully saturated rings. The molecule has 2 heteroatoms. The van der Waals surface area contributed by atoms with E-state index in [4.69, 9.17) is 4.42 Å². The highest BCUT2D eigenvalue weighted by Crippen LogP contribution is 2.48. The summed E-state index contributed by atoms with van der Waals surface area (Å²) in [7, 11) is 0. The molecular formula is C48H31NO. The van der Waals surface area contributed by atoms with Crippen molar-refractivity contribution < 1.29 is 4.42 Å². The second kappa shape index (κ2) is 11.5. The van der Waals surface area contributed by atoms with E-state index in [1.807, 2.05) is 0 Å². The summed E-state index contributed by atoms with van der Waals surface area (Å²) in [6.45, 7) is 0. The molecule has 9 aromatic carbocycles. The SMILES string of the molecule is c1ccc(-c2cccc(N(c3ccc4ccccc4c3)c3ccccc3-c3cc4ccccc4c4oc5c6ccccc6ccc5c34)c2)cc1. The monoisotopic (exact) mass is 637 g/mol. The smallest absolute Gasteiger partial charge is 0.143 e. The maximum absolute atomic E-state index is 6.91. The Morgan fingerprint density at radius 1 is 0.340 bits per heavy atom. The van der Waals surface area contributed by atoms with Crippen LogP contribution in [-0.2, 0) is 0 Å². The fourth-order valence-corrected chi connectivity index (χ4v) is 7.65. The summed E-state index contributed by atoms with van der Waals surface area (Å²) in [6, 6.07) is 67.5. The van der Waals surface area contributed by atoms with E-state index in [2.05, 4.69) is 193 Å². The van der Waals surface area contributed by atoms with Gasteiger partial charge in [-0.25, -0.2) is 0 Å². The molecule has 234 valence electrons. The van der Waals surface area contributed by atoms with Crippen molar-refractivity contribution in [1.29, 1.82) is 0 Å². The Kier molecular flexibility index (Phi) is 6.53. The molecule has 1 aromatic heterocycles.